The third-order valence-electron chi connectivity index (χ3n) is 3.73. The SMILES string of the molecule is CN=C(NCCCc1ccc(Cl)cc1Cl)NCc1cn2ccsc2n1. The monoisotopic (exact) mass is 395 g/mol. The molecule has 2 aromatic heterocycles. The molecular weight excluding hydrogens is 377 g/mol. The first-order valence-electron chi connectivity index (χ1n) is 7.95. The van der Waals surface area contributed by atoms with Crippen LogP contribution in [0.5, 0.6) is 0 Å². The van der Waals surface area contributed by atoms with Crippen LogP contribution in [0.25, 0.3) is 4.96 Å². The number of hydrogen-bond acceptors (Lipinski definition) is 3. The standard InChI is InChI=1S/C17H19Cl2N5S/c1-20-16(22-10-14-11-24-7-8-25-17(24)23-14)21-6-2-3-12-4-5-13(18)9-15(12)19/h4-5,7-9,11H,2-3,6,10H2,1H3,(H2,20,21,22). The van der Waals surface area contributed by atoms with Gasteiger partial charge in [-0.05, 0) is 30.5 Å². The van der Waals surface area contributed by atoms with E-state index in [9.17, 15) is 0 Å². The molecule has 8 heteroatoms. The molecular formula is C17H19Cl2N5S. The Morgan fingerprint density at radius 1 is 1.32 bits per heavy atom. The van der Waals surface area contributed by atoms with Crippen LogP contribution in [0, 0.1) is 0 Å². The molecule has 0 bridgehead atoms. The summed E-state index contributed by atoms with van der Waals surface area (Å²) < 4.78 is 2.02. The molecule has 0 aliphatic carbocycles. The van der Waals surface area contributed by atoms with Gasteiger partial charge in [-0.15, -0.1) is 11.3 Å². The normalized spacial score (nSPS) is 11.9. The topological polar surface area (TPSA) is 53.7 Å². The summed E-state index contributed by atoms with van der Waals surface area (Å²) in [6, 6.07) is 5.62. The van der Waals surface area contributed by atoms with Crippen molar-refractivity contribution in [1.29, 1.82) is 0 Å². The first-order valence-corrected chi connectivity index (χ1v) is 9.59. The number of benzene rings is 1. The molecule has 2 N–H and O–H groups in total. The minimum Gasteiger partial charge on any atom is -0.356 e. The number of halogens is 2. The average Bonchev–Trinajstić information content (AvgIpc) is 3.17. The highest BCUT2D eigenvalue weighted by Gasteiger charge is 2.05. The maximum Gasteiger partial charge on any atom is 0.193 e. The second-order valence-corrected chi connectivity index (χ2v) is 7.23. The third kappa shape index (κ3) is 4.87. The van der Waals surface area contributed by atoms with E-state index in [2.05, 4.69) is 20.6 Å². The highest BCUT2D eigenvalue weighted by Crippen LogP contribution is 2.21. The number of thiazole rings is 1. The zero-order valence-electron chi connectivity index (χ0n) is 13.8. The van der Waals surface area contributed by atoms with Crippen molar-refractivity contribution in [3.63, 3.8) is 0 Å². The van der Waals surface area contributed by atoms with Gasteiger partial charge in [-0.25, -0.2) is 4.98 Å². The highest BCUT2D eigenvalue weighted by atomic mass is 35.5. The molecule has 25 heavy (non-hydrogen) atoms. The number of aryl methyl sites for hydroxylation is 1. The number of nitrogens with zero attached hydrogens (tertiary/aromatic N) is 3. The van der Waals surface area contributed by atoms with Crippen LogP contribution in [0.2, 0.25) is 10.0 Å². The van der Waals surface area contributed by atoms with Crippen LogP contribution in [0.15, 0.2) is 41.0 Å². The fraction of sp³-hybridized carbons (Fsp3) is 0.294. The second kappa shape index (κ2) is 8.56. The van der Waals surface area contributed by atoms with Crippen LogP contribution in [0.3, 0.4) is 0 Å². The molecule has 5 nitrogen and oxygen atoms in total. The van der Waals surface area contributed by atoms with Gasteiger partial charge in [-0.1, -0.05) is 29.3 Å². The fourth-order valence-electron chi connectivity index (χ4n) is 2.47. The molecule has 0 fully saturated rings. The van der Waals surface area contributed by atoms with Gasteiger partial charge < -0.3 is 10.6 Å². The lowest BCUT2D eigenvalue weighted by atomic mass is 10.1. The molecule has 0 radical (unpaired) electrons. The summed E-state index contributed by atoms with van der Waals surface area (Å²) in [5, 5.41) is 9.99. The lowest BCUT2D eigenvalue weighted by Crippen LogP contribution is -2.37. The Kier molecular flexibility index (Phi) is 6.18. The van der Waals surface area contributed by atoms with E-state index in [1.807, 2.05) is 34.3 Å². The minimum atomic E-state index is 0.636. The lowest BCUT2D eigenvalue weighted by Gasteiger charge is -2.11. The molecule has 1 aromatic carbocycles. The third-order valence-corrected chi connectivity index (χ3v) is 5.09. The second-order valence-electron chi connectivity index (χ2n) is 5.52. The summed E-state index contributed by atoms with van der Waals surface area (Å²) in [7, 11) is 1.76. The highest BCUT2D eigenvalue weighted by molar-refractivity contribution is 7.15. The number of fused-ring (bicyclic) bond motifs is 1. The smallest absolute Gasteiger partial charge is 0.193 e. The van der Waals surface area contributed by atoms with E-state index in [-0.39, 0.29) is 0 Å². The lowest BCUT2D eigenvalue weighted by molar-refractivity contribution is 0.739. The molecule has 0 unspecified atom stereocenters. The van der Waals surface area contributed by atoms with Crippen molar-refractivity contribution in [3.05, 3.63) is 57.3 Å². The Morgan fingerprint density at radius 2 is 2.20 bits per heavy atom. The number of imidazole rings is 1. The number of nitrogens with one attached hydrogen (secondary N) is 2. The van der Waals surface area contributed by atoms with Crippen molar-refractivity contribution in [1.82, 2.24) is 20.0 Å². The maximum absolute atomic E-state index is 6.19. The number of rotatable bonds is 6. The first-order chi connectivity index (χ1) is 12.2. The van der Waals surface area contributed by atoms with Crippen LogP contribution in [0.1, 0.15) is 17.7 Å². The predicted molar refractivity (Wildman–Crippen MR) is 106 cm³/mol. The van der Waals surface area contributed by atoms with Crippen LogP contribution in [-0.4, -0.2) is 28.9 Å². The Hall–Kier alpha value is -1.76. The summed E-state index contributed by atoms with van der Waals surface area (Å²) in [6.07, 6.45) is 5.86. The minimum absolute atomic E-state index is 0.636. The van der Waals surface area contributed by atoms with Gasteiger partial charge in [-0.2, -0.15) is 0 Å². The van der Waals surface area contributed by atoms with E-state index in [4.69, 9.17) is 23.2 Å². The van der Waals surface area contributed by atoms with Crippen LogP contribution in [-0.2, 0) is 13.0 Å². The van der Waals surface area contributed by atoms with Crippen molar-refractivity contribution >= 4 is 45.5 Å². The fourth-order valence-corrected chi connectivity index (χ4v) is 3.69. The van der Waals surface area contributed by atoms with Gasteiger partial charge in [-0.3, -0.25) is 9.39 Å². The number of guanidine groups is 1. The number of aliphatic imine (C=N–C) groups is 1. The quantitative estimate of drug-likeness (QED) is 0.376. The molecule has 3 aromatic rings. The summed E-state index contributed by atoms with van der Waals surface area (Å²) >= 11 is 13.7. The predicted octanol–water partition coefficient (Wildman–Crippen LogP) is 4.00. The largest absolute Gasteiger partial charge is 0.356 e. The molecule has 0 spiro atoms. The molecule has 0 aliphatic heterocycles. The van der Waals surface area contributed by atoms with Gasteiger partial charge in [0.25, 0.3) is 0 Å². The number of aromatic nitrogens is 2. The van der Waals surface area contributed by atoms with E-state index in [0.29, 0.717) is 11.6 Å². The molecule has 132 valence electrons. The molecule has 2 heterocycles. The Balaban J connectivity index is 1.42. The summed E-state index contributed by atoms with van der Waals surface area (Å²) in [4.78, 5) is 9.78. The van der Waals surface area contributed by atoms with Crippen molar-refractivity contribution in [3.8, 4) is 0 Å². The van der Waals surface area contributed by atoms with Gasteiger partial charge >= 0.3 is 0 Å². The van der Waals surface area contributed by atoms with Crippen molar-refractivity contribution in [2.45, 2.75) is 19.4 Å². The van der Waals surface area contributed by atoms with Crippen molar-refractivity contribution in [2.75, 3.05) is 13.6 Å². The maximum atomic E-state index is 6.19. The van der Waals surface area contributed by atoms with Crippen molar-refractivity contribution in [2.24, 2.45) is 4.99 Å². The molecule has 0 aliphatic rings. The van der Waals surface area contributed by atoms with Gasteiger partial charge in [0.15, 0.2) is 10.9 Å². The van der Waals surface area contributed by atoms with Gasteiger partial charge in [0.1, 0.15) is 0 Å². The Bertz CT molecular complexity index is 842. The number of hydrogen-bond donors (Lipinski definition) is 2. The summed E-state index contributed by atoms with van der Waals surface area (Å²) in [5.74, 6) is 0.763. The molecule has 0 atom stereocenters. The zero-order valence-corrected chi connectivity index (χ0v) is 16.1. The zero-order chi connectivity index (χ0) is 17.6. The Labute approximate surface area is 160 Å². The van der Waals surface area contributed by atoms with Gasteiger partial charge in [0.2, 0.25) is 0 Å². The van der Waals surface area contributed by atoms with Gasteiger partial charge in [0, 0.05) is 41.4 Å². The van der Waals surface area contributed by atoms with E-state index in [1.54, 1.807) is 24.5 Å². The average molecular weight is 396 g/mol. The molecule has 0 saturated carbocycles. The van der Waals surface area contributed by atoms with Crippen LogP contribution in [0.4, 0.5) is 0 Å². The molecule has 0 saturated heterocycles. The van der Waals surface area contributed by atoms with Crippen LogP contribution < -0.4 is 10.6 Å². The van der Waals surface area contributed by atoms with Gasteiger partial charge in [0.05, 0.1) is 12.2 Å². The molecule has 0 amide bonds. The summed E-state index contributed by atoms with van der Waals surface area (Å²) in [6.45, 7) is 1.44. The first kappa shape index (κ1) is 18.0. The van der Waals surface area contributed by atoms with Crippen molar-refractivity contribution < 1.29 is 0 Å². The molecule has 3 rings (SSSR count). The van der Waals surface area contributed by atoms with E-state index in [1.165, 1.54) is 0 Å². The van der Waals surface area contributed by atoms with E-state index >= 15 is 0 Å². The van der Waals surface area contributed by atoms with Crippen LogP contribution >= 0.6 is 34.5 Å². The van der Waals surface area contributed by atoms with E-state index < -0.39 is 0 Å². The van der Waals surface area contributed by atoms with E-state index in [0.717, 1.165) is 46.6 Å². The Morgan fingerprint density at radius 3 is 2.96 bits per heavy atom. The summed E-state index contributed by atoms with van der Waals surface area (Å²) in [5.41, 5.74) is 2.09.